The largest absolute Gasteiger partial charge is 0.480 e. The number of hydrogen-bond acceptors (Lipinski definition) is 4. The number of thioether (sulfide) groups is 1. The second-order valence-electron chi connectivity index (χ2n) is 5.80. The molecule has 6 nitrogen and oxygen atoms in total. The number of carbonyl (C=O) groups excluding carboxylic acids is 1. The summed E-state index contributed by atoms with van der Waals surface area (Å²) in [4.78, 5) is 29.6. The van der Waals surface area contributed by atoms with Crippen LogP contribution in [0.1, 0.15) is 13.8 Å². The molecule has 0 radical (unpaired) electrons. The molecule has 0 aromatic heterocycles. The van der Waals surface area contributed by atoms with E-state index < -0.39 is 12.0 Å². The van der Waals surface area contributed by atoms with E-state index in [1.807, 2.05) is 20.9 Å². The normalized spacial score (nSPS) is 28.2. The number of rotatable bonds is 2. The molecule has 20 heavy (non-hydrogen) atoms. The van der Waals surface area contributed by atoms with Crippen LogP contribution in [0, 0.1) is 5.92 Å². The van der Waals surface area contributed by atoms with Gasteiger partial charge in [-0.25, -0.2) is 9.59 Å². The number of hydrogen-bond donors (Lipinski definition) is 1. The molecule has 2 aliphatic rings. The van der Waals surface area contributed by atoms with Gasteiger partial charge in [0, 0.05) is 31.9 Å². The number of piperazine rings is 1. The molecule has 2 rings (SSSR count). The molecular weight excluding hydrogens is 278 g/mol. The molecule has 2 atom stereocenters. The van der Waals surface area contributed by atoms with Crippen molar-refractivity contribution in [3.63, 3.8) is 0 Å². The minimum absolute atomic E-state index is 0.0387. The first-order valence-electron chi connectivity index (χ1n) is 7.02. The summed E-state index contributed by atoms with van der Waals surface area (Å²) in [5.41, 5.74) is 0. The molecule has 2 fully saturated rings. The summed E-state index contributed by atoms with van der Waals surface area (Å²) in [7, 11) is 2.03. The first kappa shape index (κ1) is 15.4. The highest BCUT2D eigenvalue weighted by Crippen LogP contribution is 2.35. The van der Waals surface area contributed by atoms with Crippen LogP contribution >= 0.6 is 11.8 Å². The maximum atomic E-state index is 12.7. The molecule has 2 unspecified atom stereocenters. The average molecular weight is 301 g/mol. The van der Waals surface area contributed by atoms with Crippen LogP contribution in [-0.4, -0.2) is 82.2 Å². The van der Waals surface area contributed by atoms with E-state index in [9.17, 15) is 14.7 Å². The lowest BCUT2D eigenvalue weighted by molar-refractivity contribution is -0.141. The molecule has 0 aliphatic carbocycles. The summed E-state index contributed by atoms with van der Waals surface area (Å²) in [6.07, 6.45) is 0. The van der Waals surface area contributed by atoms with E-state index in [1.54, 1.807) is 21.6 Å². The van der Waals surface area contributed by atoms with Gasteiger partial charge in [-0.1, -0.05) is 13.8 Å². The molecule has 2 aliphatic heterocycles. The fourth-order valence-electron chi connectivity index (χ4n) is 2.63. The quantitative estimate of drug-likeness (QED) is 0.819. The lowest BCUT2D eigenvalue weighted by Crippen LogP contribution is -2.56. The van der Waals surface area contributed by atoms with Crippen molar-refractivity contribution in [3.05, 3.63) is 0 Å². The van der Waals surface area contributed by atoms with Crippen LogP contribution in [-0.2, 0) is 4.79 Å². The minimum atomic E-state index is -0.900. The van der Waals surface area contributed by atoms with Gasteiger partial charge in [0.05, 0.1) is 5.37 Å². The summed E-state index contributed by atoms with van der Waals surface area (Å²) in [6.45, 7) is 7.10. The van der Waals surface area contributed by atoms with Crippen molar-refractivity contribution in [3.8, 4) is 0 Å². The SMILES string of the molecule is CC(C)C1SCC(C(=O)O)N1C(=O)N1CCN(C)CC1. The summed E-state index contributed by atoms with van der Waals surface area (Å²) < 4.78 is 0. The van der Waals surface area contributed by atoms with E-state index in [4.69, 9.17) is 0 Å². The topological polar surface area (TPSA) is 64.1 Å². The third-order valence-corrected chi connectivity index (χ3v) is 5.51. The van der Waals surface area contributed by atoms with Crippen LogP contribution in [0.4, 0.5) is 4.79 Å². The zero-order valence-electron chi connectivity index (χ0n) is 12.3. The maximum Gasteiger partial charge on any atom is 0.327 e. The van der Waals surface area contributed by atoms with Gasteiger partial charge in [-0.3, -0.25) is 4.90 Å². The molecule has 0 spiro atoms. The zero-order valence-corrected chi connectivity index (χ0v) is 13.1. The first-order chi connectivity index (χ1) is 9.41. The monoisotopic (exact) mass is 301 g/mol. The number of carbonyl (C=O) groups is 2. The Bertz CT molecular complexity index is 383. The number of amides is 2. The van der Waals surface area contributed by atoms with Gasteiger partial charge < -0.3 is 14.9 Å². The van der Waals surface area contributed by atoms with Gasteiger partial charge >= 0.3 is 12.0 Å². The number of nitrogens with zero attached hydrogens (tertiary/aromatic N) is 3. The van der Waals surface area contributed by atoms with Crippen molar-refractivity contribution in [2.24, 2.45) is 5.92 Å². The van der Waals surface area contributed by atoms with E-state index >= 15 is 0 Å². The lowest BCUT2D eigenvalue weighted by atomic mass is 10.1. The Labute approximate surface area is 124 Å². The van der Waals surface area contributed by atoms with Crippen molar-refractivity contribution in [2.45, 2.75) is 25.3 Å². The molecule has 2 heterocycles. The van der Waals surface area contributed by atoms with Crippen LogP contribution in [0.25, 0.3) is 0 Å². The smallest absolute Gasteiger partial charge is 0.327 e. The number of urea groups is 1. The van der Waals surface area contributed by atoms with Gasteiger partial charge in [0.25, 0.3) is 0 Å². The predicted molar refractivity (Wildman–Crippen MR) is 78.8 cm³/mol. The van der Waals surface area contributed by atoms with Crippen LogP contribution in [0.3, 0.4) is 0 Å². The van der Waals surface area contributed by atoms with Crippen molar-refractivity contribution < 1.29 is 14.7 Å². The third-order valence-electron chi connectivity index (χ3n) is 3.88. The molecule has 2 amide bonds. The Hall–Kier alpha value is -0.950. The van der Waals surface area contributed by atoms with Crippen molar-refractivity contribution in [1.82, 2.24) is 14.7 Å². The molecule has 0 aromatic carbocycles. The number of carboxylic acids is 1. The predicted octanol–water partition coefficient (Wildman–Crippen LogP) is 0.838. The third kappa shape index (κ3) is 3.03. The van der Waals surface area contributed by atoms with Crippen molar-refractivity contribution in [2.75, 3.05) is 39.0 Å². The van der Waals surface area contributed by atoms with Gasteiger partial charge in [0.2, 0.25) is 0 Å². The van der Waals surface area contributed by atoms with Crippen LogP contribution in [0.15, 0.2) is 0 Å². The molecular formula is C13H23N3O3S. The van der Waals surface area contributed by atoms with Crippen LogP contribution in [0.2, 0.25) is 0 Å². The zero-order chi connectivity index (χ0) is 14.9. The minimum Gasteiger partial charge on any atom is -0.480 e. The van der Waals surface area contributed by atoms with Gasteiger partial charge in [0.1, 0.15) is 6.04 Å². The van der Waals surface area contributed by atoms with Gasteiger partial charge in [-0.2, -0.15) is 0 Å². The van der Waals surface area contributed by atoms with Gasteiger partial charge in [-0.05, 0) is 13.0 Å². The number of likely N-dealkylation sites (N-methyl/N-ethyl adjacent to an activating group) is 1. The molecule has 0 bridgehead atoms. The van der Waals surface area contributed by atoms with Crippen molar-refractivity contribution >= 4 is 23.8 Å². The molecule has 7 heteroatoms. The standard InChI is InChI=1S/C13H23N3O3S/c1-9(2)11-16(10(8-20-11)12(17)18)13(19)15-6-4-14(3)5-7-15/h9-11H,4-8H2,1-3H3,(H,17,18). The highest BCUT2D eigenvalue weighted by molar-refractivity contribution is 8.00. The molecule has 1 N–H and O–H groups in total. The van der Waals surface area contributed by atoms with E-state index in [1.165, 1.54) is 0 Å². The summed E-state index contributed by atoms with van der Waals surface area (Å²) >= 11 is 1.58. The Kier molecular flexibility index (Phi) is 4.80. The first-order valence-corrected chi connectivity index (χ1v) is 8.07. The summed E-state index contributed by atoms with van der Waals surface area (Å²) in [6, 6.07) is -0.811. The van der Waals surface area contributed by atoms with E-state index in [-0.39, 0.29) is 17.3 Å². The molecule has 2 saturated heterocycles. The molecule has 114 valence electrons. The Morgan fingerprint density at radius 2 is 1.80 bits per heavy atom. The van der Waals surface area contributed by atoms with Gasteiger partial charge in [0.15, 0.2) is 0 Å². The maximum absolute atomic E-state index is 12.7. The molecule has 0 aromatic rings. The molecule has 0 saturated carbocycles. The summed E-state index contributed by atoms with van der Waals surface area (Å²) in [5, 5.41) is 9.30. The van der Waals surface area contributed by atoms with Crippen LogP contribution in [0.5, 0.6) is 0 Å². The lowest BCUT2D eigenvalue weighted by Gasteiger charge is -2.38. The van der Waals surface area contributed by atoms with E-state index in [0.717, 1.165) is 13.1 Å². The van der Waals surface area contributed by atoms with Gasteiger partial charge in [-0.15, -0.1) is 11.8 Å². The Morgan fingerprint density at radius 3 is 2.30 bits per heavy atom. The highest BCUT2D eigenvalue weighted by Gasteiger charge is 2.44. The highest BCUT2D eigenvalue weighted by atomic mass is 32.2. The van der Waals surface area contributed by atoms with E-state index in [2.05, 4.69) is 4.90 Å². The van der Waals surface area contributed by atoms with Crippen LogP contribution < -0.4 is 0 Å². The fraction of sp³-hybridized carbons (Fsp3) is 0.846. The fourth-order valence-corrected chi connectivity index (χ4v) is 4.10. The second kappa shape index (κ2) is 6.22. The average Bonchev–Trinajstić information content (AvgIpc) is 2.83. The van der Waals surface area contributed by atoms with E-state index in [0.29, 0.717) is 18.8 Å². The number of carboxylic acid groups (broad SMARTS) is 1. The second-order valence-corrected chi connectivity index (χ2v) is 6.95. The van der Waals surface area contributed by atoms with Crippen molar-refractivity contribution in [1.29, 1.82) is 0 Å². The summed E-state index contributed by atoms with van der Waals surface area (Å²) in [5.74, 6) is -0.165. The Balaban J connectivity index is 2.12. The number of aliphatic carboxylic acids is 1. The Morgan fingerprint density at radius 1 is 1.20 bits per heavy atom.